The van der Waals surface area contributed by atoms with Crippen LogP contribution in [0.15, 0.2) is 0 Å². The van der Waals surface area contributed by atoms with Gasteiger partial charge in [-0.2, -0.15) is 0 Å². The lowest BCUT2D eigenvalue weighted by Crippen LogP contribution is -2.51. The third kappa shape index (κ3) is 13.4. The van der Waals surface area contributed by atoms with Crippen LogP contribution in [-0.2, 0) is 42.9 Å². The first-order valence-corrected chi connectivity index (χ1v) is 10.9. The molecule has 0 aliphatic rings. The van der Waals surface area contributed by atoms with E-state index in [9.17, 15) is 33.9 Å². The zero-order chi connectivity index (χ0) is 28.1. The van der Waals surface area contributed by atoms with Gasteiger partial charge in [-0.1, -0.05) is 0 Å². The fourth-order valence-corrected chi connectivity index (χ4v) is 2.49. The van der Waals surface area contributed by atoms with E-state index in [1.807, 2.05) is 0 Å². The number of methoxy groups -OCH3 is 2. The molecule has 0 aromatic heterocycles. The predicted molar refractivity (Wildman–Crippen MR) is 122 cm³/mol. The summed E-state index contributed by atoms with van der Waals surface area (Å²) in [5.74, 6) is -4.53. The van der Waals surface area contributed by atoms with Crippen LogP contribution < -0.4 is 21.7 Å². The molecule has 6 N–H and O–H groups in total. The van der Waals surface area contributed by atoms with Crippen LogP contribution in [0.5, 0.6) is 0 Å². The highest BCUT2D eigenvalue weighted by atomic mass is 16.6. The van der Waals surface area contributed by atoms with Gasteiger partial charge in [0.1, 0.15) is 23.7 Å². The quantitative estimate of drug-likeness (QED) is 0.129. The lowest BCUT2D eigenvalue weighted by Gasteiger charge is -2.22. The van der Waals surface area contributed by atoms with E-state index in [2.05, 4.69) is 25.4 Å². The van der Waals surface area contributed by atoms with Gasteiger partial charge >= 0.3 is 24.0 Å². The number of ether oxygens (including phenoxy) is 4. The van der Waals surface area contributed by atoms with E-state index < -0.39 is 65.6 Å². The number of carboxylic acid groups (broad SMARTS) is 1. The molecule has 0 bridgehead atoms. The molecule has 0 spiro atoms. The second kappa shape index (κ2) is 15.5. The van der Waals surface area contributed by atoms with E-state index in [0.29, 0.717) is 0 Å². The Kier molecular flexibility index (Phi) is 14.0. The van der Waals surface area contributed by atoms with E-state index in [-0.39, 0.29) is 26.1 Å². The number of amides is 3. The van der Waals surface area contributed by atoms with Gasteiger partial charge in [-0.25, -0.2) is 14.4 Å². The molecule has 3 amide bonds. The van der Waals surface area contributed by atoms with Crippen LogP contribution in [-0.4, -0.2) is 98.1 Å². The summed E-state index contributed by atoms with van der Waals surface area (Å²) in [7, 11) is 2.23. The molecule has 0 saturated heterocycles. The molecule has 0 fully saturated rings. The van der Waals surface area contributed by atoms with Crippen molar-refractivity contribution in [2.75, 3.05) is 27.4 Å². The normalized spacial score (nSPS) is 14.3. The molecule has 206 valence electrons. The topological polar surface area (TPSA) is 222 Å². The third-order valence-corrected chi connectivity index (χ3v) is 4.31. The fraction of sp³-hybridized carbons (Fsp3) is 0.714. The van der Waals surface area contributed by atoms with Crippen LogP contribution in [0.1, 0.15) is 40.5 Å². The highest BCUT2D eigenvalue weighted by Crippen LogP contribution is 2.07. The molecular formula is C21H36N4O11. The average molecular weight is 521 g/mol. The van der Waals surface area contributed by atoms with Crippen molar-refractivity contribution in [3.8, 4) is 0 Å². The molecule has 0 radical (unpaired) electrons. The van der Waals surface area contributed by atoms with Crippen molar-refractivity contribution in [1.82, 2.24) is 16.0 Å². The van der Waals surface area contributed by atoms with Crippen molar-refractivity contribution < 1.29 is 52.8 Å². The number of esters is 2. The molecule has 0 saturated carbocycles. The van der Waals surface area contributed by atoms with Crippen LogP contribution in [0.4, 0.5) is 4.79 Å². The largest absolute Gasteiger partial charge is 0.480 e. The summed E-state index contributed by atoms with van der Waals surface area (Å²) < 4.78 is 19.2. The summed E-state index contributed by atoms with van der Waals surface area (Å²) in [5, 5.41) is 16.2. The van der Waals surface area contributed by atoms with Gasteiger partial charge in [0.25, 0.3) is 0 Å². The fourth-order valence-electron chi connectivity index (χ4n) is 2.49. The van der Waals surface area contributed by atoms with E-state index >= 15 is 0 Å². The minimum atomic E-state index is -1.46. The minimum absolute atomic E-state index is 0.293. The Balaban J connectivity index is 4.85. The van der Waals surface area contributed by atoms with E-state index in [1.54, 1.807) is 20.8 Å². The maximum Gasteiger partial charge on any atom is 0.408 e. The lowest BCUT2D eigenvalue weighted by atomic mass is 10.1. The summed E-state index contributed by atoms with van der Waals surface area (Å²) in [6, 6.07) is -4.94. The third-order valence-electron chi connectivity index (χ3n) is 4.31. The van der Waals surface area contributed by atoms with Gasteiger partial charge in [0.2, 0.25) is 11.8 Å². The smallest absolute Gasteiger partial charge is 0.408 e. The summed E-state index contributed by atoms with van der Waals surface area (Å²) >= 11 is 0. The number of alkyl carbamates (subject to hydrolysis) is 1. The van der Waals surface area contributed by atoms with Crippen molar-refractivity contribution in [2.45, 2.75) is 70.3 Å². The molecule has 0 heterocycles. The Morgan fingerprint density at radius 2 is 1.47 bits per heavy atom. The van der Waals surface area contributed by atoms with Crippen molar-refractivity contribution in [1.29, 1.82) is 0 Å². The molecule has 0 rings (SSSR count). The lowest BCUT2D eigenvalue weighted by molar-refractivity contribution is -0.148. The van der Waals surface area contributed by atoms with Crippen LogP contribution in [0.3, 0.4) is 0 Å². The number of carbonyl (C=O) groups is 6. The highest BCUT2D eigenvalue weighted by Gasteiger charge is 2.28. The minimum Gasteiger partial charge on any atom is -0.480 e. The molecule has 0 aliphatic heterocycles. The van der Waals surface area contributed by atoms with Gasteiger partial charge < -0.3 is 45.7 Å². The van der Waals surface area contributed by atoms with E-state index in [0.717, 1.165) is 14.2 Å². The SMILES string of the molecule is COC(=O)[C@H](N)COC[C@H](NC(=O)CC[C@@H](NC(=O)[C@H](C)NC(=O)OC(C)(C)C)C(=O)O)C(=O)OC. The second-order valence-electron chi connectivity index (χ2n) is 8.62. The van der Waals surface area contributed by atoms with Gasteiger partial charge in [0.15, 0.2) is 6.04 Å². The number of hydrogen-bond donors (Lipinski definition) is 5. The first-order valence-electron chi connectivity index (χ1n) is 10.9. The Labute approximate surface area is 208 Å². The zero-order valence-corrected chi connectivity index (χ0v) is 21.2. The maximum absolute atomic E-state index is 12.3. The monoisotopic (exact) mass is 520 g/mol. The Hall–Kier alpha value is -3.46. The molecule has 0 aromatic rings. The van der Waals surface area contributed by atoms with Crippen molar-refractivity contribution in [3.05, 3.63) is 0 Å². The van der Waals surface area contributed by atoms with Crippen LogP contribution in [0.2, 0.25) is 0 Å². The van der Waals surface area contributed by atoms with Crippen molar-refractivity contribution in [3.63, 3.8) is 0 Å². The summed E-state index contributed by atoms with van der Waals surface area (Å²) in [6.07, 6.45) is -1.58. The molecule has 15 heteroatoms. The number of rotatable bonds is 14. The number of aliphatic carboxylic acids is 1. The number of carbonyl (C=O) groups excluding carboxylic acids is 5. The molecule has 15 nitrogen and oxygen atoms in total. The van der Waals surface area contributed by atoms with Gasteiger partial charge in [-0.3, -0.25) is 14.4 Å². The molecule has 0 aromatic carbocycles. The summed E-state index contributed by atoms with van der Waals surface area (Å²) in [6.45, 7) is 5.57. The molecule has 0 unspecified atom stereocenters. The number of nitrogens with one attached hydrogen (secondary N) is 3. The Bertz CT molecular complexity index is 797. The van der Waals surface area contributed by atoms with Crippen LogP contribution in [0, 0.1) is 0 Å². The van der Waals surface area contributed by atoms with Gasteiger partial charge in [-0.05, 0) is 34.1 Å². The Morgan fingerprint density at radius 1 is 0.889 bits per heavy atom. The van der Waals surface area contributed by atoms with Gasteiger partial charge in [0, 0.05) is 6.42 Å². The first kappa shape index (κ1) is 32.5. The molecule has 4 atom stereocenters. The standard InChI is InChI=1S/C21H36N4O11/c1-11(23-20(32)36-21(2,3)4)16(27)25-13(17(28)29)7-8-15(26)24-14(19(31)34-6)10-35-9-12(22)18(30)33-5/h11-14H,7-10,22H2,1-6H3,(H,23,32)(H,24,26)(H,25,27)(H,28,29)/t11-,12+,13+,14-/m0/s1. The van der Waals surface area contributed by atoms with Gasteiger partial charge in [-0.15, -0.1) is 0 Å². The average Bonchev–Trinajstić information content (AvgIpc) is 2.77. The van der Waals surface area contributed by atoms with E-state index in [1.165, 1.54) is 6.92 Å². The van der Waals surface area contributed by atoms with Crippen molar-refractivity contribution in [2.24, 2.45) is 5.73 Å². The van der Waals surface area contributed by atoms with Crippen molar-refractivity contribution >= 4 is 35.8 Å². The van der Waals surface area contributed by atoms with Crippen LogP contribution >= 0.6 is 0 Å². The maximum atomic E-state index is 12.3. The number of hydrogen-bond acceptors (Lipinski definition) is 11. The predicted octanol–water partition coefficient (Wildman–Crippen LogP) is -1.58. The first-order chi connectivity index (χ1) is 16.6. The summed E-state index contributed by atoms with van der Waals surface area (Å²) in [5.41, 5.74) is 4.73. The molecular weight excluding hydrogens is 484 g/mol. The Morgan fingerprint density at radius 3 is 1.97 bits per heavy atom. The number of carboxylic acids is 1. The van der Waals surface area contributed by atoms with E-state index in [4.69, 9.17) is 15.2 Å². The van der Waals surface area contributed by atoms with Gasteiger partial charge in [0.05, 0.1) is 27.4 Å². The zero-order valence-electron chi connectivity index (χ0n) is 21.2. The highest BCUT2D eigenvalue weighted by molar-refractivity contribution is 5.89. The number of nitrogens with two attached hydrogens (primary N) is 1. The summed E-state index contributed by atoms with van der Waals surface area (Å²) in [4.78, 5) is 71.1. The molecule has 0 aliphatic carbocycles. The second-order valence-corrected chi connectivity index (χ2v) is 8.62. The van der Waals surface area contributed by atoms with Crippen LogP contribution in [0.25, 0.3) is 0 Å². The molecule has 36 heavy (non-hydrogen) atoms.